The molecular formula is C20H21N3O5S. The average Bonchev–Trinajstić information content (AvgIpc) is 2.74. The first-order valence-electron chi connectivity index (χ1n) is 9.09. The van der Waals surface area contributed by atoms with Gasteiger partial charge in [-0.25, -0.2) is 0 Å². The minimum atomic E-state index is -0.526. The number of anilines is 1. The lowest BCUT2D eigenvalue weighted by Gasteiger charge is -2.26. The second-order valence-corrected chi connectivity index (χ2v) is 7.75. The molecule has 9 heteroatoms. The van der Waals surface area contributed by atoms with Crippen molar-refractivity contribution in [1.82, 2.24) is 4.90 Å². The summed E-state index contributed by atoms with van der Waals surface area (Å²) in [5.74, 6) is 1.74. The van der Waals surface area contributed by atoms with Crippen LogP contribution in [-0.2, 0) is 4.79 Å². The van der Waals surface area contributed by atoms with Gasteiger partial charge in [-0.15, -0.1) is 0 Å². The molecule has 0 bridgehead atoms. The number of nitrogens with one attached hydrogen (secondary N) is 1. The fourth-order valence-electron chi connectivity index (χ4n) is 2.91. The number of aryl methyl sites for hydroxylation is 1. The van der Waals surface area contributed by atoms with Crippen molar-refractivity contribution in [3.8, 4) is 5.75 Å². The molecule has 0 radical (unpaired) electrons. The fraction of sp³-hybridized carbons (Fsp3) is 0.300. The molecule has 1 aliphatic heterocycles. The first-order chi connectivity index (χ1) is 13.9. The molecule has 0 spiro atoms. The monoisotopic (exact) mass is 415 g/mol. The molecule has 1 aliphatic rings. The molecule has 1 fully saturated rings. The fourth-order valence-corrected chi connectivity index (χ4v) is 3.81. The number of hydrogen-bond donors (Lipinski definition) is 1. The highest BCUT2D eigenvalue weighted by Crippen LogP contribution is 2.21. The maximum Gasteiger partial charge on any atom is 0.273 e. The van der Waals surface area contributed by atoms with Crippen molar-refractivity contribution in [3.63, 3.8) is 0 Å². The minimum Gasteiger partial charge on any atom is -0.484 e. The molecule has 1 N–H and O–H groups in total. The average molecular weight is 415 g/mol. The molecule has 2 aromatic carbocycles. The van der Waals surface area contributed by atoms with Gasteiger partial charge in [0.05, 0.1) is 11.0 Å². The van der Waals surface area contributed by atoms with Gasteiger partial charge in [0.1, 0.15) is 5.75 Å². The summed E-state index contributed by atoms with van der Waals surface area (Å²) in [7, 11) is 0. The number of ether oxygens (including phenoxy) is 1. The van der Waals surface area contributed by atoms with Gasteiger partial charge < -0.3 is 15.0 Å². The lowest BCUT2D eigenvalue weighted by atomic mass is 10.1. The Kier molecular flexibility index (Phi) is 6.71. The Morgan fingerprint density at radius 2 is 1.97 bits per heavy atom. The third kappa shape index (κ3) is 5.47. The highest BCUT2D eigenvalue weighted by atomic mass is 32.2. The van der Waals surface area contributed by atoms with Crippen LogP contribution in [0.25, 0.3) is 0 Å². The van der Waals surface area contributed by atoms with Crippen LogP contribution in [0.3, 0.4) is 0 Å². The molecule has 0 aliphatic carbocycles. The first-order valence-corrected chi connectivity index (χ1v) is 10.2. The van der Waals surface area contributed by atoms with E-state index < -0.39 is 10.8 Å². The van der Waals surface area contributed by atoms with E-state index in [1.807, 2.05) is 23.6 Å². The lowest BCUT2D eigenvalue weighted by molar-refractivity contribution is -0.384. The van der Waals surface area contributed by atoms with Gasteiger partial charge >= 0.3 is 0 Å². The molecule has 1 heterocycles. The van der Waals surface area contributed by atoms with Crippen molar-refractivity contribution in [2.24, 2.45) is 0 Å². The number of carbonyl (C=O) groups excluding carboxylic acids is 2. The van der Waals surface area contributed by atoms with Gasteiger partial charge in [0, 0.05) is 41.9 Å². The van der Waals surface area contributed by atoms with Gasteiger partial charge in [-0.3, -0.25) is 19.7 Å². The molecule has 1 saturated heterocycles. The second kappa shape index (κ2) is 9.42. The number of benzene rings is 2. The van der Waals surface area contributed by atoms with E-state index in [1.165, 1.54) is 18.2 Å². The van der Waals surface area contributed by atoms with Crippen LogP contribution in [0, 0.1) is 17.0 Å². The molecule has 0 unspecified atom stereocenters. The second-order valence-electron chi connectivity index (χ2n) is 6.53. The van der Waals surface area contributed by atoms with E-state index in [-0.39, 0.29) is 24.0 Å². The number of nitro groups is 1. The maximum absolute atomic E-state index is 12.6. The molecule has 2 aromatic rings. The smallest absolute Gasteiger partial charge is 0.273 e. The molecule has 3 rings (SSSR count). The van der Waals surface area contributed by atoms with E-state index >= 15 is 0 Å². The number of non-ortho nitro benzene ring substituents is 1. The highest BCUT2D eigenvalue weighted by molar-refractivity contribution is 7.99. The Balaban J connectivity index is 1.58. The first kappa shape index (κ1) is 20.7. The summed E-state index contributed by atoms with van der Waals surface area (Å²) in [6, 6.07) is 10.8. The summed E-state index contributed by atoms with van der Waals surface area (Å²) in [4.78, 5) is 36.9. The summed E-state index contributed by atoms with van der Waals surface area (Å²) in [5, 5.41) is 13.5. The number of nitrogens with zero attached hydrogens (tertiary/aromatic N) is 2. The topological polar surface area (TPSA) is 102 Å². The molecule has 29 heavy (non-hydrogen) atoms. The van der Waals surface area contributed by atoms with Crippen LogP contribution in [0.2, 0.25) is 0 Å². The maximum atomic E-state index is 12.6. The predicted molar refractivity (Wildman–Crippen MR) is 112 cm³/mol. The summed E-state index contributed by atoms with van der Waals surface area (Å²) < 4.78 is 5.33. The van der Waals surface area contributed by atoms with Gasteiger partial charge in [-0.2, -0.15) is 11.8 Å². The number of thioether (sulfide) groups is 1. The van der Waals surface area contributed by atoms with E-state index in [0.717, 1.165) is 30.2 Å². The molecule has 152 valence electrons. The van der Waals surface area contributed by atoms with Crippen LogP contribution in [0.1, 0.15) is 15.9 Å². The number of amides is 2. The number of nitro benzene ring substituents is 1. The Labute approximate surface area is 172 Å². The van der Waals surface area contributed by atoms with Crippen molar-refractivity contribution >= 4 is 35.0 Å². The van der Waals surface area contributed by atoms with Gasteiger partial charge in [-0.1, -0.05) is 6.07 Å². The SMILES string of the molecule is Cc1cc(C(=O)N2CCSCC2)ccc1NC(=O)COc1cccc([N+](=O)[O-])c1. The van der Waals surface area contributed by atoms with E-state index in [1.54, 1.807) is 24.3 Å². The minimum absolute atomic E-state index is 0.000261. The number of hydrogen-bond acceptors (Lipinski definition) is 6. The standard InChI is InChI=1S/C20H21N3O5S/c1-14-11-15(20(25)22-7-9-29-10-8-22)5-6-18(14)21-19(24)13-28-17-4-2-3-16(12-17)23(26)27/h2-6,11-12H,7-10,13H2,1H3,(H,21,24). The Bertz CT molecular complexity index is 928. The van der Waals surface area contributed by atoms with Crippen LogP contribution >= 0.6 is 11.8 Å². The zero-order valence-corrected chi connectivity index (χ0v) is 16.7. The Hall–Kier alpha value is -3.07. The quantitative estimate of drug-likeness (QED) is 0.575. The summed E-state index contributed by atoms with van der Waals surface area (Å²) in [6.07, 6.45) is 0. The molecule has 8 nitrogen and oxygen atoms in total. The highest BCUT2D eigenvalue weighted by Gasteiger charge is 2.19. The van der Waals surface area contributed by atoms with E-state index in [9.17, 15) is 19.7 Å². The van der Waals surface area contributed by atoms with E-state index in [4.69, 9.17) is 4.74 Å². The summed E-state index contributed by atoms with van der Waals surface area (Å²) >= 11 is 1.84. The van der Waals surface area contributed by atoms with E-state index in [0.29, 0.717) is 11.3 Å². The number of carbonyl (C=O) groups is 2. The van der Waals surface area contributed by atoms with Gasteiger partial charge in [-0.05, 0) is 36.8 Å². The van der Waals surface area contributed by atoms with Gasteiger partial charge in [0.25, 0.3) is 17.5 Å². The van der Waals surface area contributed by atoms with Crippen molar-refractivity contribution < 1.29 is 19.2 Å². The van der Waals surface area contributed by atoms with Gasteiger partial charge in [0.15, 0.2) is 6.61 Å². The number of rotatable bonds is 6. The third-order valence-electron chi connectivity index (χ3n) is 4.44. The molecule has 0 aromatic heterocycles. The van der Waals surface area contributed by atoms with E-state index in [2.05, 4.69) is 5.32 Å². The Morgan fingerprint density at radius 3 is 2.66 bits per heavy atom. The predicted octanol–water partition coefficient (Wildman–Crippen LogP) is 3.11. The zero-order chi connectivity index (χ0) is 20.8. The lowest BCUT2D eigenvalue weighted by Crippen LogP contribution is -2.37. The Morgan fingerprint density at radius 1 is 1.21 bits per heavy atom. The van der Waals surface area contributed by atoms with Crippen molar-refractivity contribution in [2.45, 2.75) is 6.92 Å². The van der Waals surface area contributed by atoms with Gasteiger partial charge in [0.2, 0.25) is 0 Å². The summed E-state index contributed by atoms with van der Waals surface area (Å²) in [5.41, 5.74) is 1.85. The van der Waals surface area contributed by atoms with Crippen molar-refractivity contribution in [3.05, 3.63) is 63.7 Å². The largest absolute Gasteiger partial charge is 0.484 e. The molecule has 2 amide bonds. The van der Waals surface area contributed by atoms with Crippen LogP contribution in [-0.4, -0.2) is 52.8 Å². The molecule has 0 saturated carbocycles. The van der Waals surface area contributed by atoms with Crippen molar-refractivity contribution in [2.75, 3.05) is 36.5 Å². The third-order valence-corrected chi connectivity index (χ3v) is 5.39. The van der Waals surface area contributed by atoms with Crippen LogP contribution < -0.4 is 10.1 Å². The normalized spacial score (nSPS) is 13.6. The van der Waals surface area contributed by atoms with Crippen molar-refractivity contribution in [1.29, 1.82) is 0 Å². The van der Waals surface area contributed by atoms with Crippen LogP contribution in [0.4, 0.5) is 11.4 Å². The van der Waals surface area contributed by atoms with Crippen LogP contribution in [0.5, 0.6) is 5.75 Å². The zero-order valence-electron chi connectivity index (χ0n) is 15.9. The van der Waals surface area contributed by atoms with Crippen LogP contribution in [0.15, 0.2) is 42.5 Å². The summed E-state index contributed by atoms with van der Waals surface area (Å²) in [6.45, 7) is 3.03. The molecule has 0 atom stereocenters. The molecular weight excluding hydrogens is 394 g/mol.